The minimum Gasteiger partial charge on any atom is -0.493 e. The molecule has 0 fully saturated rings. The van der Waals surface area contributed by atoms with Gasteiger partial charge >= 0.3 is 6.09 Å². The van der Waals surface area contributed by atoms with Gasteiger partial charge in [-0.3, -0.25) is 10.1 Å². The molecule has 2 amide bonds. The highest BCUT2D eigenvalue weighted by molar-refractivity contribution is 5.94. The van der Waals surface area contributed by atoms with E-state index in [4.69, 9.17) is 9.47 Å². The van der Waals surface area contributed by atoms with E-state index in [-0.39, 0.29) is 18.9 Å². The van der Waals surface area contributed by atoms with Crippen LogP contribution in [0.15, 0.2) is 42.5 Å². The van der Waals surface area contributed by atoms with Crippen LogP contribution in [0.4, 0.5) is 16.2 Å². The van der Waals surface area contributed by atoms with Crippen molar-refractivity contribution in [2.45, 2.75) is 40.0 Å². The first kappa shape index (κ1) is 21.3. The highest BCUT2D eigenvalue weighted by Crippen LogP contribution is 2.24. The topological polar surface area (TPSA) is 76.7 Å². The number of carbonyl (C=O) groups is 2. The molecule has 0 saturated carbocycles. The monoisotopic (exact) mass is 384 g/mol. The van der Waals surface area contributed by atoms with Gasteiger partial charge in [-0.2, -0.15) is 0 Å². The number of nitrogens with one attached hydrogen (secondary N) is 2. The minimum atomic E-state index is -0.522. The van der Waals surface area contributed by atoms with E-state index in [1.807, 2.05) is 31.2 Å². The van der Waals surface area contributed by atoms with Crippen LogP contribution in [0.5, 0.6) is 5.75 Å². The second-order valence-corrected chi connectivity index (χ2v) is 6.69. The molecule has 0 saturated heterocycles. The van der Waals surface area contributed by atoms with Crippen LogP contribution in [0, 0.1) is 6.92 Å². The molecule has 0 atom stereocenters. The highest BCUT2D eigenvalue weighted by atomic mass is 16.5. The number of benzene rings is 2. The van der Waals surface area contributed by atoms with Crippen molar-refractivity contribution in [2.75, 3.05) is 23.8 Å². The van der Waals surface area contributed by atoms with E-state index in [2.05, 4.69) is 24.5 Å². The molecule has 0 unspecified atom stereocenters. The lowest BCUT2D eigenvalue weighted by Gasteiger charge is -2.13. The molecule has 28 heavy (non-hydrogen) atoms. The minimum absolute atomic E-state index is 0.157. The maximum Gasteiger partial charge on any atom is 0.411 e. The summed E-state index contributed by atoms with van der Waals surface area (Å²) in [5, 5.41) is 5.52. The second kappa shape index (κ2) is 10.3. The molecule has 2 N–H and O–H groups in total. The van der Waals surface area contributed by atoms with E-state index in [1.54, 1.807) is 25.1 Å². The Kier molecular flexibility index (Phi) is 7.87. The van der Waals surface area contributed by atoms with Crippen LogP contribution in [0.25, 0.3) is 0 Å². The Bertz CT molecular complexity index is 801. The zero-order chi connectivity index (χ0) is 20.5. The van der Waals surface area contributed by atoms with Crippen LogP contribution >= 0.6 is 0 Å². The summed E-state index contributed by atoms with van der Waals surface area (Å²) in [7, 11) is 0. The molecule has 2 rings (SSSR count). The lowest BCUT2D eigenvalue weighted by Crippen LogP contribution is -2.17. The summed E-state index contributed by atoms with van der Waals surface area (Å²) in [6, 6.07) is 13.2. The molecule has 0 aliphatic rings. The number of rotatable bonds is 8. The molecular formula is C22H28N2O4. The van der Waals surface area contributed by atoms with Crippen molar-refractivity contribution >= 4 is 23.4 Å². The lowest BCUT2D eigenvalue weighted by molar-refractivity contribution is -0.116. The molecular weight excluding hydrogens is 356 g/mol. The zero-order valence-corrected chi connectivity index (χ0v) is 16.9. The predicted molar refractivity (Wildman–Crippen MR) is 111 cm³/mol. The van der Waals surface area contributed by atoms with Crippen LogP contribution in [-0.2, 0) is 9.53 Å². The summed E-state index contributed by atoms with van der Waals surface area (Å²) in [5.41, 5.74) is 3.24. The third kappa shape index (κ3) is 6.30. The molecule has 0 aliphatic carbocycles. The van der Waals surface area contributed by atoms with Gasteiger partial charge in [-0.25, -0.2) is 4.79 Å². The molecule has 0 bridgehead atoms. The Morgan fingerprint density at radius 3 is 2.25 bits per heavy atom. The van der Waals surface area contributed by atoms with Gasteiger partial charge in [0.2, 0.25) is 5.91 Å². The fourth-order valence-corrected chi connectivity index (χ4v) is 2.61. The van der Waals surface area contributed by atoms with Crippen LogP contribution in [0.3, 0.4) is 0 Å². The molecule has 6 nitrogen and oxygen atoms in total. The number of anilines is 2. The Morgan fingerprint density at radius 1 is 1.00 bits per heavy atom. The van der Waals surface area contributed by atoms with Crippen molar-refractivity contribution in [3.05, 3.63) is 53.6 Å². The summed E-state index contributed by atoms with van der Waals surface area (Å²) < 4.78 is 10.5. The first-order valence-corrected chi connectivity index (χ1v) is 9.46. The first-order valence-electron chi connectivity index (χ1n) is 9.46. The molecule has 0 radical (unpaired) electrons. The highest BCUT2D eigenvalue weighted by Gasteiger charge is 2.10. The molecule has 6 heteroatoms. The third-order valence-corrected chi connectivity index (χ3v) is 4.26. The number of amides is 2. The number of carbonyl (C=O) groups excluding carboxylic acids is 2. The Hall–Kier alpha value is -3.02. The number of ether oxygens (including phenoxy) is 2. The van der Waals surface area contributed by atoms with E-state index in [0.717, 1.165) is 11.3 Å². The average molecular weight is 384 g/mol. The van der Waals surface area contributed by atoms with E-state index in [9.17, 15) is 9.59 Å². The van der Waals surface area contributed by atoms with Crippen molar-refractivity contribution in [3.8, 4) is 5.75 Å². The van der Waals surface area contributed by atoms with Gasteiger partial charge in [0.15, 0.2) is 0 Å². The maximum absolute atomic E-state index is 12.2. The Balaban J connectivity index is 1.86. The maximum atomic E-state index is 12.2. The summed E-state index contributed by atoms with van der Waals surface area (Å²) in [4.78, 5) is 23.8. The molecule has 2 aromatic rings. The van der Waals surface area contributed by atoms with Crippen LogP contribution in [0.2, 0.25) is 0 Å². The Labute approximate surface area is 166 Å². The van der Waals surface area contributed by atoms with Gasteiger partial charge < -0.3 is 14.8 Å². The molecule has 150 valence electrons. The SMILES string of the molecule is CCOC(=O)Nc1cccc(NC(=O)CCOc2ccc(C(C)C)cc2)c1C. The van der Waals surface area contributed by atoms with Gasteiger partial charge in [0, 0.05) is 11.4 Å². The van der Waals surface area contributed by atoms with E-state index in [1.165, 1.54) is 5.56 Å². The fraction of sp³-hybridized carbons (Fsp3) is 0.364. The van der Waals surface area contributed by atoms with Gasteiger partial charge in [0.1, 0.15) is 5.75 Å². The second-order valence-electron chi connectivity index (χ2n) is 6.69. The predicted octanol–water partition coefficient (Wildman–Crippen LogP) is 5.09. The first-order chi connectivity index (χ1) is 13.4. The smallest absolute Gasteiger partial charge is 0.411 e. The van der Waals surface area contributed by atoms with Crippen LogP contribution < -0.4 is 15.4 Å². The Morgan fingerprint density at radius 2 is 1.64 bits per heavy atom. The summed E-state index contributed by atoms with van der Waals surface area (Å²) in [6.45, 7) is 8.42. The van der Waals surface area contributed by atoms with Crippen molar-refractivity contribution in [2.24, 2.45) is 0 Å². The normalized spacial score (nSPS) is 10.5. The van der Waals surface area contributed by atoms with Crippen LogP contribution in [0.1, 0.15) is 44.2 Å². The standard InChI is InChI=1S/C22H28N2O4/c1-5-27-22(26)24-20-8-6-7-19(16(20)4)23-21(25)13-14-28-18-11-9-17(10-12-18)15(2)3/h6-12,15H,5,13-14H2,1-4H3,(H,23,25)(H,24,26). The quantitative estimate of drug-likeness (QED) is 0.664. The molecule has 0 aliphatic heterocycles. The van der Waals surface area contributed by atoms with Gasteiger partial charge in [-0.15, -0.1) is 0 Å². The van der Waals surface area contributed by atoms with E-state index >= 15 is 0 Å². The molecule has 0 aromatic heterocycles. The van der Waals surface area contributed by atoms with Gasteiger partial charge in [0.05, 0.1) is 19.6 Å². The zero-order valence-electron chi connectivity index (χ0n) is 16.9. The van der Waals surface area contributed by atoms with Crippen molar-refractivity contribution in [1.82, 2.24) is 0 Å². The average Bonchev–Trinajstić information content (AvgIpc) is 2.65. The van der Waals surface area contributed by atoms with Gasteiger partial charge in [-0.05, 0) is 55.2 Å². The molecule has 0 heterocycles. The summed E-state index contributed by atoms with van der Waals surface area (Å²) >= 11 is 0. The van der Waals surface area contributed by atoms with Crippen molar-refractivity contribution in [1.29, 1.82) is 0 Å². The van der Waals surface area contributed by atoms with Crippen molar-refractivity contribution in [3.63, 3.8) is 0 Å². The van der Waals surface area contributed by atoms with Gasteiger partial charge in [0.25, 0.3) is 0 Å². The third-order valence-electron chi connectivity index (χ3n) is 4.26. The lowest BCUT2D eigenvalue weighted by atomic mass is 10.0. The summed E-state index contributed by atoms with van der Waals surface area (Å²) in [6.07, 6.45) is -0.299. The fourth-order valence-electron chi connectivity index (χ4n) is 2.61. The largest absolute Gasteiger partial charge is 0.493 e. The molecule has 2 aromatic carbocycles. The summed E-state index contributed by atoms with van der Waals surface area (Å²) in [5.74, 6) is 1.06. The van der Waals surface area contributed by atoms with Crippen LogP contribution in [-0.4, -0.2) is 25.2 Å². The van der Waals surface area contributed by atoms with Gasteiger partial charge in [-0.1, -0.05) is 32.0 Å². The van der Waals surface area contributed by atoms with E-state index in [0.29, 0.717) is 23.9 Å². The molecule has 0 spiro atoms. The number of hydrogen-bond acceptors (Lipinski definition) is 4. The number of hydrogen-bond donors (Lipinski definition) is 2. The van der Waals surface area contributed by atoms with Crippen molar-refractivity contribution < 1.29 is 19.1 Å². The van der Waals surface area contributed by atoms with E-state index < -0.39 is 6.09 Å².